The van der Waals surface area contributed by atoms with Crippen molar-refractivity contribution < 1.29 is 23.4 Å². The van der Waals surface area contributed by atoms with Crippen LogP contribution in [0, 0.1) is 13.8 Å². The van der Waals surface area contributed by atoms with Crippen LogP contribution in [0.2, 0.25) is 0 Å². The second kappa shape index (κ2) is 7.12. The summed E-state index contributed by atoms with van der Waals surface area (Å²) >= 11 is 1.36. The smallest absolute Gasteiger partial charge is 0.393 e. The summed E-state index contributed by atoms with van der Waals surface area (Å²) in [5, 5.41) is 20.1. The molecule has 1 aromatic carbocycles. The van der Waals surface area contributed by atoms with Crippen molar-refractivity contribution in [1.29, 1.82) is 0 Å². The highest BCUT2D eigenvalue weighted by Crippen LogP contribution is 2.40. The number of hydrogen-bond acceptors (Lipinski definition) is 7. The lowest BCUT2D eigenvalue weighted by molar-refractivity contribution is -0.277. The number of aryl methyl sites for hydroxylation is 2. The molecule has 1 unspecified atom stereocenters. The Balaban J connectivity index is 2.15. The van der Waals surface area contributed by atoms with Crippen LogP contribution in [0.25, 0.3) is 21.8 Å². The Morgan fingerprint density at radius 2 is 1.86 bits per heavy atom. The SMILES string of the molecule is Cc1ncc(-c2nc(-c3cc(C(O)(CO)C(F)(F)F)ccc3C)cnc2N)s1. The Labute approximate surface area is 162 Å². The Bertz CT molecular complexity index is 1020. The molecule has 6 nitrogen and oxygen atoms in total. The molecule has 0 bridgehead atoms. The summed E-state index contributed by atoms with van der Waals surface area (Å²) < 4.78 is 39.9. The number of anilines is 1. The molecule has 3 rings (SSSR count). The number of aromatic nitrogens is 3. The fourth-order valence-corrected chi connectivity index (χ4v) is 3.46. The summed E-state index contributed by atoms with van der Waals surface area (Å²) in [4.78, 5) is 13.4. The van der Waals surface area contributed by atoms with E-state index < -0.39 is 23.9 Å². The fourth-order valence-electron chi connectivity index (χ4n) is 2.68. The highest BCUT2D eigenvalue weighted by atomic mass is 32.1. The number of rotatable bonds is 4. The molecule has 1 atom stereocenters. The van der Waals surface area contributed by atoms with Gasteiger partial charge in [0.25, 0.3) is 0 Å². The molecule has 148 valence electrons. The maximum absolute atomic E-state index is 13.3. The normalized spacial score (nSPS) is 14.1. The highest BCUT2D eigenvalue weighted by Gasteiger charge is 2.54. The minimum atomic E-state index is -5.05. The van der Waals surface area contributed by atoms with Crippen molar-refractivity contribution in [2.45, 2.75) is 25.6 Å². The van der Waals surface area contributed by atoms with E-state index in [-0.39, 0.29) is 11.5 Å². The number of aliphatic hydroxyl groups excluding tert-OH is 1. The number of nitrogen functional groups attached to an aromatic ring is 1. The Morgan fingerprint density at radius 1 is 1.14 bits per heavy atom. The molecule has 2 heterocycles. The van der Waals surface area contributed by atoms with Crippen LogP contribution in [-0.4, -0.2) is 37.9 Å². The van der Waals surface area contributed by atoms with Gasteiger partial charge in [0.05, 0.1) is 28.4 Å². The molecule has 2 aromatic heterocycles. The summed E-state index contributed by atoms with van der Waals surface area (Å²) in [7, 11) is 0. The topological polar surface area (TPSA) is 105 Å². The third-order valence-electron chi connectivity index (χ3n) is 4.34. The van der Waals surface area contributed by atoms with E-state index in [4.69, 9.17) is 5.73 Å². The first-order valence-corrected chi connectivity index (χ1v) is 8.95. The fraction of sp³-hybridized carbons (Fsp3) is 0.278. The van der Waals surface area contributed by atoms with Gasteiger partial charge in [0.1, 0.15) is 5.69 Å². The molecule has 0 spiro atoms. The van der Waals surface area contributed by atoms with Gasteiger partial charge in [-0.3, -0.25) is 0 Å². The monoisotopic (exact) mass is 410 g/mol. The number of thiazole rings is 1. The van der Waals surface area contributed by atoms with Gasteiger partial charge in [0, 0.05) is 11.8 Å². The van der Waals surface area contributed by atoms with E-state index in [0.29, 0.717) is 21.7 Å². The van der Waals surface area contributed by atoms with Gasteiger partial charge in [-0.25, -0.2) is 15.0 Å². The number of nitrogens with two attached hydrogens (primary N) is 1. The predicted molar refractivity (Wildman–Crippen MR) is 99.5 cm³/mol. The number of nitrogens with zero attached hydrogens (tertiary/aromatic N) is 3. The molecular formula is C18H17F3N4O2S. The molecule has 4 N–H and O–H groups in total. The van der Waals surface area contributed by atoms with Crippen LogP contribution in [0.15, 0.2) is 30.6 Å². The first kappa shape index (κ1) is 20.2. The zero-order chi connectivity index (χ0) is 20.7. The molecule has 0 saturated carbocycles. The van der Waals surface area contributed by atoms with E-state index in [1.165, 1.54) is 23.6 Å². The number of halogens is 3. The molecule has 0 aliphatic rings. The van der Waals surface area contributed by atoms with E-state index >= 15 is 0 Å². The average Bonchev–Trinajstić information content (AvgIpc) is 3.07. The standard InChI is InChI=1S/C18H17F3N4O2S/c1-9-3-4-11(17(27,8-26)18(19,20)21)5-12(9)13-6-24-16(22)15(25-13)14-7-23-10(2)28-14/h3-7,26-27H,8H2,1-2H3,(H2,22,24). The van der Waals surface area contributed by atoms with Crippen LogP contribution in [0.5, 0.6) is 0 Å². The van der Waals surface area contributed by atoms with Gasteiger partial charge in [-0.15, -0.1) is 11.3 Å². The maximum atomic E-state index is 13.3. The van der Waals surface area contributed by atoms with Crippen LogP contribution >= 0.6 is 11.3 Å². The molecule has 0 amide bonds. The van der Waals surface area contributed by atoms with Gasteiger partial charge < -0.3 is 15.9 Å². The summed E-state index contributed by atoms with van der Waals surface area (Å²) in [5.41, 5.74) is 3.66. The van der Waals surface area contributed by atoms with Crippen LogP contribution in [0.4, 0.5) is 19.0 Å². The number of aliphatic hydroxyl groups is 2. The summed E-state index contributed by atoms with van der Waals surface area (Å²) in [5.74, 6) is 0.170. The van der Waals surface area contributed by atoms with E-state index in [1.54, 1.807) is 13.1 Å². The first-order chi connectivity index (χ1) is 13.1. The van der Waals surface area contributed by atoms with E-state index in [0.717, 1.165) is 17.1 Å². The molecule has 0 radical (unpaired) electrons. The minimum absolute atomic E-state index is 0.170. The summed E-state index contributed by atoms with van der Waals surface area (Å²) in [6.45, 7) is 2.01. The van der Waals surface area contributed by atoms with Crippen molar-refractivity contribution in [2.24, 2.45) is 0 Å². The quantitative estimate of drug-likeness (QED) is 0.610. The van der Waals surface area contributed by atoms with Crippen LogP contribution < -0.4 is 5.73 Å². The summed E-state index contributed by atoms with van der Waals surface area (Å²) in [6, 6.07) is 3.70. The zero-order valence-corrected chi connectivity index (χ0v) is 15.8. The van der Waals surface area contributed by atoms with Gasteiger partial charge in [-0.1, -0.05) is 12.1 Å². The highest BCUT2D eigenvalue weighted by molar-refractivity contribution is 7.15. The van der Waals surface area contributed by atoms with Crippen molar-refractivity contribution in [3.8, 4) is 21.8 Å². The van der Waals surface area contributed by atoms with Crippen molar-refractivity contribution in [2.75, 3.05) is 12.3 Å². The molecule has 3 aromatic rings. The van der Waals surface area contributed by atoms with Crippen LogP contribution in [-0.2, 0) is 5.60 Å². The van der Waals surface area contributed by atoms with Gasteiger partial charge in [-0.05, 0) is 31.0 Å². The van der Waals surface area contributed by atoms with Crippen LogP contribution in [0.1, 0.15) is 16.1 Å². The Hall–Kier alpha value is -2.56. The Morgan fingerprint density at radius 3 is 2.43 bits per heavy atom. The molecule has 28 heavy (non-hydrogen) atoms. The van der Waals surface area contributed by atoms with Gasteiger partial charge >= 0.3 is 6.18 Å². The second-order valence-electron chi connectivity index (χ2n) is 6.28. The van der Waals surface area contributed by atoms with Crippen LogP contribution in [0.3, 0.4) is 0 Å². The lowest BCUT2D eigenvalue weighted by Gasteiger charge is -2.29. The Kier molecular flexibility index (Phi) is 5.13. The molecule has 0 aliphatic heterocycles. The van der Waals surface area contributed by atoms with Gasteiger partial charge in [0.15, 0.2) is 5.82 Å². The van der Waals surface area contributed by atoms with Gasteiger partial charge in [0.2, 0.25) is 5.60 Å². The zero-order valence-electron chi connectivity index (χ0n) is 14.9. The average molecular weight is 410 g/mol. The lowest BCUT2D eigenvalue weighted by atomic mass is 9.90. The van der Waals surface area contributed by atoms with E-state index in [2.05, 4.69) is 15.0 Å². The summed E-state index contributed by atoms with van der Waals surface area (Å²) in [6.07, 6.45) is -2.10. The first-order valence-electron chi connectivity index (χ1n) is 8.13. The molecule has 0 fully saturated rings. The number of benzene rings is 1. The number of alkyl halides is 3. The predicted octanol–water partition coefficient (Wildman–Crippen LogP) is 3.21. The minimum Gasteiger partial charge on any atom is -0.393 e. The van der Waals surface area contributed by atoms with E-state index in [9.17, 15) is 23.4 Å². The third-order valence-corrected chi connectivity index (χ3v) is 5.26. The van der Waals surface area contributed by atoms with Crippen molar-refractivity contribution in [3.63, 3.8) is 0 Å². The van der Waals surface area contributed by atoms with Crippen molar-refractivity contribution in [1.82, 2.24) is 15.0 Å². The molecule has 0 aliphatic carbocycles. The molecule has 0 saturated heterocycles. The molecule has 10 heteroatoms. The largest absolute Gasteiger partial charge is 0.423 e. The lowest BCUT2D eigenvalue weighted by Crippen LogP contribution is -2.45. The maximum Gasteiger partial charge on any atom is 0.423 e. The van der Waals surface area contributed by atoms with Crippen molar-refractivity contribution >= 4 is 17.2 Å². The molecular weight excluding hydrogens is 393 g/mol. The number of hydrogen-bond donors (Lipinski definition) is 3. The third kappa shape index (κ3) is 3.46. The van der Waals surface area contributed by atoms with Crippen molar-refractivity contribution in [3.05, 3.63) is 46.7 Å². The second-order valence-corrected chi connectivity index (χ2v) is 7.51. The van der Waals surface area contributed by atoms with E-state index in [1.807, 2.05) is 6.92 Å². The van der Waals surface area contributed by atoms with Gasteiger partial charge in [-0.2, -0.15) is 13.2 Å².